The molecule has 2 rings (SSSR count). The molecule has 2 unspecified atom stereocenters. The van der Waals surface area contributed by atoms with E-state index in [1.165, 1.54) is 5.56 Å². The second-order valence-corrected chi connectivity index (χ2v) is 5.27. The molecule has 0 aromatic carbocycles. The van der Waals surface area contributed by atoms with Crippen LogP contribution >= 0.6 is 0 Å². The monoisotopic (exact) mass is 252 g/mol. The fraction of sp³-hybridized carbons (Fsp3) is 0.714. The van der Waals surface area contributed by atoms with Crippen LogP contribution in [0.15, 0.2) is 23.0 Å². The molecule has 1 aromatic heterocycles. The van der Waals surface area contributed by atoms with Crippen LogP contribution in [0.1, 0.15) is 31.7 Å². The van der Waals surface area contributed by atoms with E-state index in [0.717, 1.165) is 32.4 Å². The van der Waals surface area contributed by atoms with E-state index >= 15 is 0 Å². The summed E-state index contributed by atoms with van der Waals surface area (Å²) >= 11 is 0. The summed E-state index contributed by atoms with van der Waals surface area (Å²) in [5.41, 5.74) is 7.33. The van der Waals surface area contributed by atoms with Crippen LogP contribution in [-0.4, -0.2) is 36.7 Å². The van der Waals surface area contributed by atoms with Crippen molar-refractivity contribution in [1.82, 2.24) is 4.90 Å². The zero-order valence-electron chi connectivity index (χ0n) is 11.4. The van der Waals surface area contributed by atoms with Crippen molar-refractivity contribution in [3.8, 4) is 0 Å². The van der Waals surface area contributed by atoms with Gasteiger partial charge in [-0.05, 0) is 32.4 Å². The van der Waals surface area contributed by atoms with E-state index in [1.807, 2.05) is 6.07 Å². The van der Waals surface area contributed by atoms with Crippen LogP contribution in [0, 0.1) is 0 Å². The summed E-state index contributed by atoms with van der Waals surface area (Å²) in [4.78, 5) is 2.36. The summed E-state index contributed by atoms with van der Waals surface area (Å²) < 4.78 is 10.9. The summed E-state index contributed by atoms with van der Waals surface area (Å²) in [6.07, 6.45) is 6.95. The van der Waals surface area contributed by atoms with Gasteiger partial charge in [-0.2, -0.15) is 0 Å². The standard InChI is InChI=1S/C14H24N2O2/c1-3-13-8-14(11-15,5-7-18-13)16(2)9-12-4-6-17-10-12/h4,6,10,13H,3,5,7-9,11,15H2,1-2H3. The third kappa shape index (κ3) is 2.76. The third-order valence-electron chi connectivity index (χ3n) is 4.17. The lowest BCUT2D eigenvalue weighted by molar-refractivity contribution is -0.0672. The highest BCUT2D eigenvalue weighted by molar-refractivity contribution is 5.07. The van der Waals surface area contributed by atoms with Gasteiger partial charge in [-0.3, -0.25) is 4.90 Å². The van der Waals surface area contributed by atoms with Crippen molar-refractivity contribution in [3.63, 3.8) is 0 Å². The quantitative estimate of drug-likeness (QED) is 0.871. The zero-order valence-corrected chi connectivity index (χ0v) is 11.4. The lowest BCUT2D eigenvalue weighted by atomic mass is 9.84. The average Bonchev–Trinajstić information content (AvgIpc) is 2.91. The smallest absolute Gasteiger partial charge is 0.0947 e. The minimum atomic E-state index is 0.0657. The van der Waals surface area contributed by atoms with Crippen LogP contribution in [0.5, 0.6) is 0 Å². The lowest BCUT2D eigenvalue weighted by Crippen LogP contribution is -2.56. The summed E-state index contributed by atoms with van der Waals surface area (Å²) in [7, 11) is 2.15. The number of nitrogens with two attached hydrogens (primary N) is 1. The molecule has 0 amide bonds. The van der Waals surface area contributed by atoms with Crippen molar-refractivity contribution in [1.29, 1.82) is 0 Å². The van der Waals surface area contributed by atoms with Crippen LogP contribution in [0.2, 0.25) is 0 Å². The molecule has 2 N–H and O–H groups in total. The van der Waals surface area contributed by atoms with E-state index in [2.05, 4.69) is 18.9 Å². The topological polar surface area (TPSA) is 51.6 Å². The van der Waals surface area contributed by atoms with Crippen LogP contribution in [0.4, 0.5) is 0 Å². The maximum absolute atomic E-state index is 6.06. The van der Waals surface area contributed by atoms with Crippen molar-refractivity contribution in [2.75, 3.05) is 20.2 Å². The summed E-state index contributed by atoms with van der Waals surface area (Å²) in [6.45, 7) is 4.55. The number of ether oxygens (including phenoxy) is 1. The first-order valence-corrected chi connectivity index (χ1v) is 6.74. The minimum Gasteiger partial charge on any atom is -0.472 e. The Morgan fingerprint density at radius 1 is 1.56 bits per heavy atom. The SMILES string of the molecule is CCC1CC(CN)(N(C)Cc2ccoc2)CCO1. The Bertz CT molecular complexity index is 353. The molecule has 0 radical (unpaired) electrons. The number of nitrogens with zero attached hydrogens (tertiary/aromatic N) is 1. The average molecular weight is 252 g/mol. The molecule has 2 heterocycles. The lowest BCUT2D eigenvalue weighted by Gasteiger charge is -2.46. The Morgan fingerprint density at radius 3 is 3.00 bits per heavy atom. The molecular weight excluding hydrogens is 228 g/mol. The highest BCUT2D eigenvalue weighted by Crippen LogP contribution is 2.31. The molecule has 0 spiro atoms. The fourth-order valence-corrected chi connectivity index (χ4v) is 2.77. The number of furan rings is 1. The molecular formula is C14H24N2O2. The van der Waals surface area contributed by atoms with E-state index in [9.17, 15) is 0 Å². The van der Waals surface area contributed by atoms with Crippen molar-refractivity contribution in [2.24, 2.45) is 5.73 Å². The number of hydrogen-bond donors (Lipinski definition) is 1. The summed E-state index contributed by atoms with van der Waals surface area (Å²) in [5, 5.41) is 0. The predicted molar refractivity (Wildman–Crippen MR) is 71.2 cm³/mol. The second kappa shape index (κ2) is 5.87. The molecule has 1 fully saturated rings. The van der Waals surface area contributed by atoms with Gasteiger partial charge in [0.2, 0.25) is 0 Å². The van der Waals surface area contributed by atoms with E-state index in [4.69, 9.17) is 14.9 Å². The highest BCUT2D eigenvalue weighted by Gasteiger charge is 2.38. The summed E-state index contributed by atoms with van der Waals surface area (Å²) in [6, 6.07) is 2.01. The predicted octanol–water partition coefficient (Wildman–Crippen LogP) is 2.00. The number of hydrogen-bond acceptors (Lipinski definition) is 4. The van der Waals surface area contributed by atoms with Gasteiger partial charge in [0, 0.05) is 30.8 Å². The third-order valence-corrected chi connectivity index (χ3v) is 4.17. The van der Waals surface area contributed by atoms with Gasteiger partial charge in [-0.1, -0.05) is 6.92 Å². The van der Waals surface area contributed by atoms with Crippen molar-refractivity contribution >= 4 is 0 Å². The van der Waals surface area contributed by atoms with Gasteiger partial charge >= 0.3 is 0 Å². The van der Waals surface area contributed by atoms with E-state index in [-0.39, 0.29) is 5.54 Å². The van der Waals surface area contributed by atoms with Crippen LogP contribution in [0.25, 0.3) is 0 Å². The Kier molecular flexibility index (Phi) is 4.43. The molecule has 0 saturated carbocycles. The Balaban J connectivity index is 2.05. The van der Waals surface area contributed by atoms with E-state index in [1.54, 1.807) is 12.5 Å². The van der Waals surface area contributed by atoms with E-state index < -0.39 is 0 Å². The first-order valence-electron chi connectivity index (χ1n) is 6.74. The molecule has 2 atom stereocenters. The Labute approximate surface area is 109 Å². The minimum absolute atomic E-state index is 0.0657. The van der Waals surface area contributed by atoms with Gasteiger partial charge in [-0.25, -0.2) is 0 Å². The molecule has 102 valence electrons. The van der Waals surface area contributed by atoms with Crippen molar-refractivity contribution in [2.45, 2.75) is 44.4 Å². The highest BCUT2D eigenvalue weighted by atomic mass is 16.5. The van der Waals surface area contributed by atoms with Crippen molar-refractivity contribution in [3.05, 3.63) is 24.2 Å². The van der Waals surface area contributed by atoms with Crippen molar-refractivity contribution < 1.29 is 9.15 Å². The van der Waals surface area contributed by atoms with Gasteiger partial charge in [-0.15, -0.1) is 0 Å². The van der Waals surface area contributed by atoms with Crippen LogP contribution < -0.4 is 5.73 Å². The molecule has 1 aromatic rings. The molecule has 0 bridgehead atoms. The first-order chi connectivity index (χ1) is 8.70. The van der Waals surface area contributed by atoms with Gasteiger partial charge in [0.1, 0.15) is 0 Å². The molecule has 18 heavy (non-hydrogen) atoms. The molecule has 1 aliphatic heterocycles. The number of likely N-dealkylation sites (N-methyl/N-ethyl adjacent to an activating group) is 1. The number of rotatable bonds is 5. The molecule has 1 aliphatic rings. The Hall–Kier alpha value is -0.840. The first kappa shape index (κ1) is 13.6. The summed E-state index contributed by atoms with van der Waals surface area (Å²) in [5.74, 6) is 0. The zero-order chi connectivity index (χ0) is 13.0. The van der Waals surface area contributed by atoms with Gasteiger partial charge in [0.25, 0.3) is 0 Å². The van der Waals surface area contributed by atoms with Gasteiger partial charge in [0.05, 0.1) is 18.6 Å². The van der Waals surface area contributed by atoms with E-state index in [0.29, 0.717) is 12.6 Å². The van der Waals surface area contributed by atoms with Crippen LogP contribution in [0.3, 0.4) is 0 Å². The Morgan fingerprint density at radius 2 is 2.39 bits per heavy atom. The molecule has 1 saturated heterocycles. The fourth-order valence-electron chi connectivity index (χ4n) is 2.77. The maximum Gasteiger partial charge on any atom is 0.0947 e. The molecule has 0 aliphatic carbocycles. The molecule has 4 heteroatoms. The molecule has 4 nitrogen and oxygen atoms in total. The van der Waals surface area contributed by atoms with Crippen LogP contribution in [-0.2, 0) is 11.3 Å². The second-order valence-electron chi connectivity index (χ2n) is 5.27. The van der Waals surface area contributed by atoms with Gasteiger partial charge < -0.3 is 14.9 Å². The normalized spacial score (nSPS) is 28.8. The van der Waals surface area contributed by atoms with Gasteiger partial charge in [0.15, 0.2) is 0 Å². The maximum atomic E-state index is 6.06. The largest absolute Gasteiger partial charge is 0.472 e.